The van der Waals surface area contributed by atoms with Crippen molar-refractivity contribution >= 4 is 0 Å². The van der Waals surface area contributed by atoms with E-state index in [2.05, 4.69) is 341 Å². The maximum Gasteiger partial charge on any atom is 0.113 e. The Balaban J connectivity index is 0.775. The molecular weight excluding hydrogens is 1150 g/mol. The number of benzene rings is 13. The van der Waals surface area contributed by atoms with Gasteiger partial charge in [0.2, 0.25) is 0 Å². The number of aromatic nitrogens is 8. The van der Waals surface area contributed by atoms with Gasteiger partial charge in [0.05, 0.1) is 35.1 Å². The lowest BCUT2D eigenvalue weighted by Crippen LogP contribution is -1.95. The number of hydrogen-bond donors (Lipinski definition) is 0. The zero-order chi connectivity index (χ0) is 62.7. The van der Waals surface area contributed by atoms with Crippen molar-refractivity contribution in [2.45, 2.75) is 6.92 Å². The van der Waals surface area contributed by atoms with E-state index in [1.807, 2.05) is 26.4 Å². The lowest BCUT2D eigenvalue weighted by Gasteiger charge is -2.12. The molecule has 0 aliphatic carbocycles. The molecule has 0 aliphatic rings. The average molecular weight is 1210 g/mol. The summed E-state index contributed by atoms with van der Waals surface area (Å²) in [5, 5.41) is 24.6. The summed E-state index contributed by atoms with van der Waals surface area (Å²) in [6.45, 7) is 2.07. The first-order valence-corrected chi connectivity index (χ1v) is 31.6. The summed E-state index contributed by atoms with van der Waals surface area (Å²) in [5.74, 6) is 0. The Morgan fingerprint density at radius 1 is 0.202 bits per heavy atom. The summed E-state index contributed by atoms with van der Waals surface area (Å²) < 4.78 is 5.71. The summed E-state index contributed by atoms with van der Waals surface area (Å²) in [4.78, 5) is 0. The third-order valence-electron chi connectivity index (χ3n) is 17.5. The van der Waals surface area contributed by atoms with Gasteiger partial charge in [-0.3, -0.25) is 0 Å². The Morgan fingerprint density at radius 3 is 0.745 bits per heavy atom. The molecule has 0 saturated carbocycles. The molecule has 8 nitrogen and oxygen atoms in total. The Morgan fingerprint density at radius 2 is 0.447 bits per heavy atom. The molecule has 3 heterocycles. The van der Waals surface area contributed by atoms with Crippen LogP contribution in [0.1, 0.15) is 5.69 Å². The van der Waals surface area contributed by atoms with Gasteiger partial charge in [0.25, 0.3) is 0 Å². The minimum Gasteiger partial charge on any atom is -0.240 e. The van der Waals surface area contributed by atoms with Crippen LogP contribution >= 0.6 is 0 Å². The Hall–Kier alpha value is -12.7. The van der Waals surface area contributed by atoms with Gasteiger partial charge in [-0.1, -0.05) is 229 Å². The fourth-order valence-electron chi connectivity index (χ4n) is 12.6. The SMILES string of the molecule is Cc1nn(-c2cccc(-c3cc(-c4ccccc4)cc(-c4ccccc4)c3)c2)cc1-c1cc(-c2cn(-c3cccc(-c4cc(-c5ccccc5)cc(-c5ccccc5)c4)c3)nn2)cc(-c2cn(-c3cccc(-c4cc(-c5ccccc5)cc(-c5ccccc5)c4)c3)nn2)c1. The predicted octanol–water partition coefficient (Wildman–Crippen LogP) is 21.3. The van der Waals surface area contributed by atoms with Crippen LogP contribution in [-0.4, -0.2) is 39.8 Å². The van der Waals surface area contributed by atoms with Gasteiger partial charge in [0.15, 0.2) is 0 Å². The Labute approximate surface area is 546 Å². The highest BCUT2D eigenvalue weighted by atomic mass is 15.4. The van der Waals surface area contributed by atoms with Crippen LogP contribution in [0.4, 0.5) is 0 Å². The van der Waals surface area contributed by atoms with Crippen molar-refractivity contribution in [2.75, 3.05) is 0 Å². The highest BCUT2D eigenvalue weighted by Crippen LogP contribution is 2.40. The fraction of sp³-hybridized carbons (Fsp3) is 0.0116. The highest BCUT2D eigenvalue weighted by Gasteiger charge is 2.19. The normalized spacial score (nSPS) is 11.2. The number of hydrogen-bond acceptors (Lipinski definition) is 5. The van der Waals surface area contributed by atoms with Crippen LogP contribution in [0, 0.1) is 6.92 Å². The first-order valence-electron chi connectivity index (χ1n) is 31.6. The van der Waals surface area contributed by atoms with Crippen LogP contribution in [0.15, 0.2) is 346 Å². The number of aryl methyl sites for hydroxylation is 1. The quantitative estimate of drug-likeness (QED) is 0.102. The minimum absolute atomic E-state index is 0.698. The van der Waals surface area contributed by atoms with E-state index in [4.69, 9.17) is 25.7 Å². The lowest BCUT2D eigenvalue weighted by molar-refractivity contribution is 0.804. The molecule has 0 unspecified atom stereocenters. The largest absolute Gasteiger partial charge is 0.240 e. The first kappa shape index (κ1) is 56.6. The molecule has 3 aromatic heterocycles. The third-order valence-corrected chi connectivity index (χ3v) is 17.5. The lowest BCUT2D eigenvalue weighted by atomic mass is 9.93. The van der Waals surface area contributed by atoms with Gasteiger partial charge in [-0.05, 0) is 222 Å². The molecule has 0 fully saturated rings. The van der Waals surface area contributed by atoms with Gasteiger partial charge in [-0.25, -0.2) is 14.0 Å². The van der Waals surface area contributed by atoms with Crippen LogP contribution < -0.4 is 0 Å². The second kappa shape index (κ2) is 25.0. The number of rotatable bonds is 15. The summed E-state index contributed by atoms with van der Waals surface area (Å²) in [6, 6.07) is 116. The van der Waals surface area contributed by atoms with Gasteiger partial charge in [0, 0.05) is 22.9 Å². The first-order chi connectivity index (χ1) is 46.4. The van der Waals surface area contributed by atoms with Gasteiger partial charge >= 0.3 is 0 Å². The van der Waals surface area contributed by atoms with Crippen molar-refractivity contribution in [1.29, 1.82) is 0 Å². The van der Waals surface area contributed by atoms with Crippen molar-refractivity contribution < 1.29 is 0 Å². The molecule has 0 N–H and O–H groups in total. The maximum absolute atomic E-state index is 5.22. The van der Waals surface area contributed by atoms with E-state index >= 15 is 0 Å². The van der Waals surface area contributed by atoms with E-state index < -0.39 is 0 Å². The molecule has 16 aromatic rings. The maximum atomic E-state index is 5.22. The molecule has 444 valence electrons. The molecule has 0 radical (unpaired) electrons. The van der Waals surface area contributed by atoms with Crippen LogP contribution in [0.2, 0.25) is 0 Å². The third kappa shape index (κ3) is 11.8. The van der Waals surface area contributed by atoms with Gasteiger partial charge in [0.1, 0.15) is 11.4 Å². The van der Waals surface area contributed by atoms with E-state index in [9.17, 15) is 0 Å². The number of nitrogens with zero attached hydrogens (tertiary/aromatic N) is 8. The molecule has 94 heavy (non-hydrogen) atoms. The molecule has 13 aromatic carbocycles. The van der Waals surface area contributed by atoms with Crippen LogP contribution in [-0.2, 0) is 0 Å². The second-order valence-electron chi connectivity index (χ2n) is 23.7. The molecule has 0 bridgehead atoms. The summed E-state index contributed by atoms with van der Waals surface area (Å²) >= 11 is 0. The van der Waals surface area contributed by atoms with Crippen LogP contribution in [0.25, 0.3) is 151 Å². The van der Waals surface area contributed by atoms with Crippen molar-refractivity contribution in [2.24, 2.45) is 0 Å². The smallest absolute Gasteiger partial charge is 0.113 e. The summed E-state index contributed by atoms with van der Waals surface area (Å²) in [7, 11) is 0. The molecular formula is C86H60N8. The molecule has 0 spiro atoms. The second-order valence-corrected chi connectivity index (χ2v) is 23.7. The van der Waals surface area contributed by atoms with Crippen LogP contribution in [0.5, 0.6) is 0 Å². The predicted molar refractivity (Wildman–Crippen MR) is 383 cm³/mol. The topological polar surface area (TPSA) is 79.2 Å². The van der Waals surface area contributed by atoms with Crippen molar-refractivity contribution in [3.8, 4) is 151 Å². The molecule has 16 rings (SSSR count). The Kier molecular flexibility index (Phi) is 15.0. The summed E-state index contributed by atoms with van der Waals surface area (Å²) in [5.41, 5.74) is 29.0. The van der Waals surface area contributed by atoms with Gasteiger partial charge in [-0.2, -0.15) is 5.10 Å². The van der Waals surface area contributed by atoms with Gasteiger partial charge < -0.3 is 0 Å². The zero-order valence-corrected chi connectivity index (χ0v) is 51.5. The molecule has 0 amide bonds. The van der Waals surface area contributed by atoms with Crippen molar-refractivity contribution in [3.05, 3.63) is 352 Å². The van der Waals surface area contributed by atoms with Gasteiger partial charge in [-0.15, -0.1) is 10.2 Å². The van der Waals surface area contributed by atoms with Crippen LogP contribution in [0.3, 0.4) is 0 Å². The fourth-order valence-corrected chi connectivity index (χ4v) is 12.6. The minimum atomic E-state index is 0.698. The molecule has 0 aliphatic heterocycles. The average Bonchev–Trinajstić information content (AvgIpc) is 1.65. The van der Waals surface area contributed by atoms with E-state index in [1.165, 1.54) is 0 Å². The highest BCUT2D eigenvalue weighted by molar-refractivity contribution is 5.86. The monoisotopic (exact) mass is 1200 g/mol. The Bertz CT molecular complexity index is 4970. The summed E-state index contributed by atoms with van der Waals surface area (Å²) in [6.07, 6.45) is 6.14. The molecule has 0 atom stereocenters. The standard InChI is InChI=1S/C86H60N8/c1-59-84(56-92(89-59)81-38-20-35-66(53-81)75-44-69(60-23-8-2-9-24-60)41-70(45-75)61-25-10-3-11-26-61)78-50-79(85-57-93(90-87-85)82-39-21-36-67(54-82)76-46-71(62-27-12-4-13-28-62)42-72(47-76)63-29-14-5-15-30-63)52-80(51-78)86-58-94(91-88-86)83-40-22-37-68(55-83)77-48-73(64-31-16-6-17-32-64)43-74(49-77)65-33-18-7-19-34-65/h2-58H,1H3. The van der Waals surface area contributed by atoms with E-state index in [1.54, 1.807) is 0 Å². The zero-order valence-electron chi connectivity index (χ0n) is 51.5. The van der Waals surface area contributed by atoms with Crippen molar-refractivity contribution in [3.63, 3.8) is 0 Å². The molecule has 0 saturated heterocycles. The van der Waals surface area contributed by atoms with E-state index in [0.29, 0.717) is 11.4 Å². The van der Waals surface area contributed by atoms with Crippen molar-refractivity contribution in [1.82, 2.24) is 39.8 Å². The molecule has 8 heteroatoms. The van der Waals surface area contributed by atoms with E-state index in [0.717, 1.165) is 145 Å². The van der Waals surface area contributed by atoms with E-state index in [-0.39, 0.29) is 0 Å².